The second-order valence-electron chi connectivity index (χ2n) is 6.14. The molecule has 1 heterocycles. The van der Waals surface area contributed by atoms with E-state index in [0.29, 0.717) is 18.3 Å². The molecule has 1 fully saturated rings. The molecule has 0 bridgehead atoms. The summed E-state index contributed by atoms with van der Waals surface area (Å²) < 4.78 is 19.2. The van der Waals surface area contributed by atoms with E-state index in [0.717, 1.165) is 25.1 Å². The lowest BCUT2D eigenvalue weighted by Crippen LogP contribution is -2.61. The van der Waals surface area contributed by atoms with Gasteiger partial charge in [0.25, 0.3) is 0 Å². The average Bonchev–Trinajstić information content (AvgIpc) is 2.43. The fourth-order valence-corrected chi connectivity index (χ4v) is 2.62. The third-order valence-electron chi connectivity index (χ3n) is 4.23. The van der Waals surface area contributed by atoms with Crippen molar-refractivity contribution in [2.24, 2.45) is 0 Å². The Hall–Kier alpha value is -1.13. The Bertz CT molecular complexity index is 462. The van der Waals surface area contributed by atoms with E-state index in [2.05, 4.69) is 31.0 Å². The second-order valence-corrected chi connectivity index (χ2v) is 6.14. The molecule has 112 valence electrons. The van der Waals surface area contributed by atoms with Gasteiger partial charge in [0.1, 0.15) is 11.6 Å². The number of benzene rings is 1. The van der Waals surface area contributed by atoms with Crippen LogP contribution in [-0.2, 0) is 6.54 Å². The van der Waals surface area contributed by atoms with Gasteiger partial charge < -0.3 is 10.1 Å². The van der Waals surface area contributed by atoms with E-state index in [-0.39, 0.29) is 11.4 Å². The van der Waals surface area contributed by atoms with Crippen LogP contribution in [0, 0.1) is 5.82 Å². The number of halogens is 1. The lowest BCUT2D eigenvalue weighted by molar-refractivity contribution is 0.0567. The summed E-state index contributed by atoms with van der Waals surface area (Å²) in [6.07, 6.45) is 1.09. The fourth-order valence-electron chi connectivity index (χ4n) is 2.62. The summed E-state index contributed by atoms with van der Waals surface area (Å²) >= 11 is 0. The molecule has 20 heavy (non-hydrogen) atoms. The van der Waals surface area contributed by atoms with Crippen molar-refractivity contribution in [3.05, 3.63) is 29.6 Å². The Morgan fingerprint density at radius 1 is 1.45 bits per heavy atom. The molecule has 1 saturated heterocycles. The predicted octanol–water partition coefficient (Wildman–Crippen LogP) is 2.80. The first kappa shape index (κ1) is 15.3. The van der Waals surface area contributed by atoms with Crippen LogP contribution in [0.5, 0.6) is 5.75 Å². The van der Waals surface area contributed by atoms with Crippen molar-refractivity contribution >= 4 is 0 Å². The summed E-state index contributed by atoms with van der Waals surface area (Å²) in [6.45, 7) is 9.11. The fraction of sp³-hybridized carbons (Fsp3) is 0.625. The van der Waals surface area contributed by atoms with Crippen LogP contribution in [-0.4, -0.2) is 36.7 Å². The minimum Gasteiger partial charge on any atom is -0.497 e. The highest BCUT2D eigenvalue weighted by Gasteiger charge is 2.33. The van der Waals surface area contributed by atoms with Crippen molar-refractivity contribution in [3.63, 3.8) is 0 Å². The number of hydrogen-bond donors (Lipinski definition) is 1. The average molecular weight is 280 g/mol. The summed E-state index contributed by atoms with van der Waals surface area (Å²) in [5.41, 5.74) is 0.772. The maximum Gasteiger partial charge on any atom is 0.131 e. The largest absolute Gasteiger partial charge is 0.497 e. The SMILES string of the molecule is CCC1CN(Cc2ccc(OC)cc2F)C(C)(C)CN1. The third-order valence-corrected chi connectivity index (χ3v) is 4.23. The van der Waals surface area contributed by atoms with Gasteiger partial charge in [-0.3, -0.25) is 4.90 Å². The van der Waals surface area contributed by atoms with Crippen LogP contribution < -0.4 is 10.1 Å². The van der Waals surface area contributed by atoms with Gasteiger partial charge in [0.05, 0.1) is 7.11 Å². The molecule has 0 radical (unpaired) electrons. The van der Waals surface area contributed by atoms with Gasteiger partial charge in [0.2, 0.25) is 0 Å². The molecule has 1 atom stereocenters. The molecule has 0 spiro atoms. The zero-order chi connectivity index (χ0) is 14.8. The standard InChI is InChI=1S/C16H25FN2O/c1-5-13-10-19(16(2,3)11-18-13)9-12-6-7-14(20-4)8-15(12)17/h6-8,13,18H,5,9-11H2,1-4H3. The Morgan fingerprint density at radius 2 is 2.20 bits per heavy atom. The van der Waals surface area contributed by atoms with E-state index in [4.69, 9.17) is 4.74 Å². The van der Waals surface area contributed by atoms with Gasteiger partial charge in [-0.2, -0.15) is 0 Å². The molecule has 1 aliphatic heterocycles. The molecule has 1 N–H and O–H groups in total. The van der Waals surface area contributed by atoms with E-state index < -0.39 is 0 Å². The van der Waals surface area contributed by atoms with Crippen LogP contribution in [0.15, 0.2) is 18.2 Å². The zero-order valence-corrected chi connectivity index (χ0v) is 12.9. The van der Waals surface area contributed by atoms with Gasteiger partial charge in [-0.15, -0.1) is 0 Å². The van der Waals surface area contributed by atoms with Gasteiger partial charge in [-0.25, -0.2) is 4.39 Å². The molecule has 1 aromatic carbocycles. The number of nitrogens with one attached hydrogen (secondary N) is 1. The highest BCUT2D eigenvalue weighted by Crippen LogP contribution is 2.24. The maximum atomic E-state index is 14.1. The first-order valence-corrected chi connectivity index (χ1v) is 7.27. The zero-order valence-electron chi connectivity index (χ0n) is 12.9. The van der Waals surface area contributed by atoms with Crippen molar-refractivity contribution in [2.45, 2.75) is 45.3 Å². The number of rotatable bonds is 4. The molecule has 1 aromatic rings. The summed E-state index contributed by atoms with van der Waals surface area (Å²) in [5.74, 6) is 0.379. The highest BCUT2D eigenvalue weighted by atomic mass is 19.1. The molecule has 4 heteroatoms. The van der Waals surface area contributed by atoms with Crippen LogP contribution in [0.1, 0.15) is 32.8 Å². The molecule has 2 rings (SSSR count). The highest BCUT2D eigenvalue weighted by molar-refractivity contribution is 5.29. The van der Waals surface area contributed by atoms with Crippen LogP contribution in [0.4, 0.5) is 4.39 Å². The van der Waals surface area contributed by atoms with E-state index in [1.165, 1.54) is 6.07 Å². The van der Waals surface area contributed by atoms with E-state index >= 15 is 0 Å². The van der Waals surface area contributed by atoms with E-state index in [9.17, 15) is 4.39 Å². The number of ether oxygens (including phenoxy) is 1. The van der Waals surface area contributed by atoms with Crippen molar-refractivity contribution < 1.29 is 9.13 Å². The topological polar surface area (TPSA) is 24.5 Å². The van der Waals surface area contributed by atoms with Crippen molar-refractivity contribution in [1.29, 1.82) is 0 Å². The van der Waals surface area contributed by atoms with Gasteiger partial charge in [0.15, 0.2) is 0 Å². The molecule has 0 saturated carbocycles. The number of piperazine rings is 1. The Morgan fingerprint density at radius 3 is 2.80 bits per heavy atom. The van der Waals surface area contributed by atoms with E-state index in [1.54, 1.807) is 7.11 Å². The first-order chi connectivity index (χ1) is 9.46. The van der Waals surface area contributed by atoms with Gasteiger partial charge >= 0.3 is 0 Å². The summed E-state index contributed by atoms with van der Waals surface area (Å²) in [5, 5.41) is 3.55. The van der Waals surface area contributed by atoms with Gasteiger partial charge in [-0.05, 0) is 26.3 Å². The Kier molecular flexibility index (Phi) is 4.66. The van der Waals surface area contributed by atoms with Crippen LogP contribution >= 0.6 is 0 Å². The minimum atomic E-state index is -0.188. The van der Waals surface area contributed by atoms with Gasteiger partial charge in [-0.1, -0.05) is 13.0 Å². The van der Waals surface area contributed by atoms with Crippen molar-refractivity contribution in [2.75, 3.05) is 20.2 Å². The maximum absolute atomic E-state index is 14.1. The number of nitrogens with zero attached hydrogens (tertiary/aromatic N) is 1. The molecule has 3 nitrogen and oxygen atoms in total. The molecule has 0 aromatic heterocycles. The van der Waals surface area contributed by atoms with Crippen LogP contribution in [0.3, 0.4) is 0 Å². The van der Waals surface area contributed by atoms with Crippen LogP contribution in [0.2, 0.25) is 0 Å². The normalized spacial score (nSPS) is 22.8. The van der Waals surface area contributed by atoms with Gasteiger partial charge in [0, 0.05) is 42.8 Å². The van der Waals surface area contributed by atoms with E-state index in [1.807, 2.05) is 12.1 Å². The first-order valence-electron chi connectivity index (χ1n) is 7.27. The molecule has 1 aliphatic rings. The molecule has 0 amide bonds. The lowest BCUT2D eigenvalue weighted by atomic mass is 9.95. The monoisotopic (exact) mass is 280 g/mol. The van der Waals surface area contributed by atoms with Crippen LogP contribution in [0.25, 0.3) is 0 Å². The quantitative estimate of drug-likeness (QED) is 0.918. The predicted molar refractivity (Wildman–Crippen MR) is 79.5 cm³/mol. The molecule has 0 aliphatic carbocycles. The summed E-state index contributed by atoms with van der Waals surface area (Å²) in [6, 6.07) is 5.60. The second kappa shape index (κ2) is 6.10. The number of hydrogen-bond acceptors (Lipinski definition) is 3. The lowest BCUT2D eigenvalue weighted by Gasteiger charge is -2.46. The smallest absolute Gasteiger partial charge is 0.131 e. The molecule has 1 unspecified atom stereocenters. The van der Waals surface area contributed by atoms with Crippen molar-refractivity contribution in [1.82, 2.24) is 10.2 Å². The Balaban J connectivity index is 2.14. The minimum absolute atomic E-state index is 0.0397. The molecular weight excluding hydrogens is 255 g/mol. The Labute approximate surface area is 121 Å². The van der Waals surface area contributed by atoms with Crippen molar-refractivity contribution in [3.8, 4) is 5.75 Å². The number of methoxy groups -OCH3 is 1. The summed E-state index contributed by atoms with van der Waals surface area (Å²) in [7, 11) is 1.56. The third kappa shape index (κ3) is 3.30. The molecular formula is C16H25FN2O. The summed E-state index contributed by atoms with van der Waals surface area (Å²) in [4.78, 5) is 2.36.